The van der Waals surface area contributed by atoms with Crippen LogP contribution < -0.4 is 19.5 Å². The topological polar surface area (TPSA) is 120 Å². The SMILES string of the molecule is O=C(COC(=O)c1ccc(NS(=O)(=O)c2ccc3c(c2)OCCO3)cc1)Nc1ccccc1C(F)(F)F. The second-order valence-corrected chi connectivity index (χ2v) is 9.34. The Morgan fingerprint density at radius 2 is 1.59 bits per heavy atom. The Labute approximate surface area is 209 Å². The highest BCUT2D eigenvalue weighted by molar-refractivity contribution is 7.92. The van der Waals surface area contributed by atoms with E-state index in [-0.39, 0.29) is 16.1 Å². The van der Waals surface area contributed by atoms with Crippen LogP contribution in [0.5, 0.6) is 11.5 Å². The van der Waals surface area contributed by atoms with Gasteiger partial charge >= 0.3 is 12.1 Å². The molecule has 0 saturated carbocycles. The van der Waals surface area contributed by atoms with Crippen molar-refractivity contribution in [3.05, 3.63) is 77.9 Å². The van der Waals surface area contributed by atoms with Crippen LogP contribution >= 0.6 is 0 Å². The number of anilines is 2. The minimum absolute atomic E-state index is 0.00855. The predicted octanol–water partition coefficient (Wildman–Crippen LogP) is 4.07. The van der Waals surface area contributed by atoms with E-state index in [1.807, 2.05) is 0 Å². The van der Waals surface area contributed by atoms with Crippen molar-refractivity contribution in [3.63, 3.8) is 0 Å². The summed E-state index contributed by atoms with van der Waals surface area (Å²) < 4.78 is 82.5. The number of para-hydroxylation sites is 1. The fourth-order valence-corrected chi connectivity index (χ4v) is 4.39. The molecule has 1 aliphatic rings. The van der Waals surface area contributed by atoms with E-state index in [1.165, 1.54) is 54.6 Å². The molecule has 13 heteroatoms. The lowest BCUT2D eigenvalue weighted by Gasteiger charge is -2.19. The van der Waals surface area contributed by atoms with E-state index in [1.54, 1.807) is 0 Å². The number of benzene rings is 3. The zero-order valence-corrected chi connectivity index (χ0v) is 19.7. The standard InChI is InChI=1S/C24H19F3N2O7S/c25-24(26,27)18-3-1-2-4-19(18)28-22(30)14-36-23(31)15-5-7-16(8-6-15)29-37(32,33)17-9-10-20-21(13-17)35-12-11-34-20/h1-10,13,29H,11-12,14H2,(H,28,30). The predicted molar refractivity (Wildman–Crippen MR) is 125 cm³/mol. The van der Waals surface area contributed by atoms with Crippen molar-refractivity contribution in [1.29, 1.82) is 0 Å². The first kappa shape index (κ1) is 25.8. The molecule has 9 nitrogen and oxygen atoms in total. The van der Waals surface area contributed by atoms with Crippen molar-refractivity contribution in [2.24, 2.45) is 0 Å². The molecule has 0 spiro atoms. The van der Waals surface area contributed by atoms with Crippen LogP contribution in [-0.4, -0.2) is 40.1 Å². The number of ether oxygens (including phenoxy) is 3. The first-order valence-electron chi connectivity index (χ1n) is 10.7. The fourth-order valence-electron chi connectivity index (χ4n) is 3.32. The van der Waals surface area contributed by atoms with Crippen LogP contribution in [0.4, 0.5) is 24.5 Å². The Morgan fingerprint density at radius 1 is 0.919 bits per heavy atom. The third kappa shape index (κ3) is 6.30. The number of fused-ring (bicyclic) bond motifs is 1. The lowest BCUT2D eigenvalue weighted by Crippen LogP contribution is -2.22. The van der Waals surface area contributed by atoms with Crippen molar-refractivity contribution < 1.29 is 45.4 Å². The van der Waals surface area contributed by atoms with Gasteiger partial charge in [-0.3, -0.25) is 9.52 Å². The summed E-state index contributed by atoms with van der Waals surface area (Å²) in [6.07, 6.45) is -4.67. The summed E-state index contributed by atoms with van der Waals surface area (Å²) >= 11 is 0. The number of rotatable bonds is 7. The summed E-state index contributed by atoms with van der Waals surface area (Å²) in [4.78, 5) is 24.2. The van der Waals surface area contributed by atoms with Gasteiger partial charge in [-0.1, -0.05) is 12.1 Å². The molecule has 0 unspecified atom stereocenters. The summed E-state index contributed by atoms with van der Waals surface area (Å²) in [7, 11) is -3.98. The number of nitrogens with one attached hydrogen (secondary N) is 2. The highest BCUT2D eigenvalue weighted by Gasteiger charge is 2.33. The number of esters is 1. The van der Waals surface area contributed by atoms with Crippen LogP contribution in [0.1, 0.15) is 15.9 Å². The molecule has 1 amide bonds. The maximum Gasteiger partial charge on any atom is 0.418 e. The van der Waals surface area contributed by atoms with Gasteiger partial charge in [0.15, 0.2) is 18.1 Å². The molecule has 0 aromatic heterocycles. The zero-order chi connectivity index (χ0) is 26.6. The second-order valence-electron chi connectivity index (χ2n) is 7.66. The number of halogens is 3. The van der Waals surface area contributed by atoms with E-state index in [0.717, 1.165) is 12.1 Å². The Bertz CT molecular complexity index is 1430. The van der Waals surface area contributed by atoms with E-state index >= 15 is 0 Å². The lowest BCUT2D eigenvalue weighted by molar-refractivity contribution is -0.137. The van der Waals surface area contributed by atoms with Gasteiger partial charge in [-0.05, 0) is 48.5 Å². The van der Waals surface area contributed by atoms with Gasteiger partial charge in [0, 0.05) is 11.8 Å². The van der Waals surface area contributed by atoms with Gasteiger partial charge < -0.3 is 19.5 Å². The van der Waals surface area contributed by atoms with Crippen molar-refractivity contribution in [1.82, 2.24) is 0 Å². The van der Waals surface area contributed by atoms with Gasteiger partial charge in [0.25, 0.3) is 15.9 Å². The van der Waals surface area contributed by atoms with Crippen LogP contribution in [-0.2, 0) is 25.7 Å². The number of carbonyl (C=O) groups excluding carboxylic acids is 2. The number of alkyl halides is 3. The minimum Gasteiger partial charge on any atom is -0.486 e. The Balaban J connectivity index is 1.34. The normalized spacial score (nSPS) is 12.9. The molecule has 0 radical (unpaired) electrons. The van der Waals surface area contributed by atoms with Crippen LogP contribution in [0, 0.1) is 0 Å². The van der Waals surface area contributed by atoms with Gasteiger partial charge in [0.2, 0.25) is 0 Å². The summed E-state index contributed by atoms with van der Waals surface area (Å²) in [6.45, 7) is -0.170. The lowest BCUT2D eigenvalue weighted by atomic mass is 10.1. The first-order valence-corrected chi connectivity index (χ1v) is 12.2. The molecule has 1 heterocycles. The summed E-state index contributed by atoms with van der Waals surface area (Å²) in [5.41, 5.74) is -1.37. The Kier molecular flexibility index (Phi) is 7.25. The molecule has 2 N–H and O–H groups in total. The molecule has 1 aliphatic heterocycles. The van der Waals surface area contributed by atoms with Crippen molar-refractivity contribution in [2.45, 2.75) is 11.1 Å². The van der Waals surface area contributed by atoms with Crippen molar-refractivity contribution >= 4 is 33.3 Å². The van der Waals surface area contributed by atoms with Gasteiger partial charge in [0.1, 0.15) is 13.2 Å². The van der Waals surface area contributed by atoms with E-state index < -0.39 is 45.9 Å². The smallest absolute Gasteiger partial charge is 0.418 e. The number of sulfonamides is 1. The second kappa shape index (κ2) is 10.4. The van der Waals surface area contributed by atoms with Gasteiger partial charge in [0.05, 0.1) is 21.7 Å². The van der Waals surface area contributed by atoms with Crippen LogP contribution in [0.2, 0.25) is 0 Å². The highest BCUT2D eigenvalue weighted by atomic mass is 32.2. The zero-order valence-electron chi connectivity index (χ0n) is 18.9. The Hall–Kier alpha value is -4.26. The molecule has 3 aromatic carbocycles. The molecule has 0 saturated heterocycles. The van der Waals surface area contributed by atoms with Crippen LogP contribution in [0.25, 0.3) is 0 Å². The third-order valence-electron chi connectivity index (χ3n) is 5.04. The molecule has 3 aromatic rings. The molecule has 0 aliphatic carbocycles. The van der Waals surface area contributed by atoms with E-state index in [2.05, 4.69) is 10.0 Å². The summed E-state index contributed by atoms with van der Waals surface area (Å²) in [5.74, 6) is -1.15. The molecule has 37 heavy (non-hydrogen) atoms. The average Bonchev–Trinajstić information content (AvgIpc) is 2.87. The largest absolute Gasteiger partial charge is 0.486 e. The maximum absolute atomic E-state index is 13.0. The summed E-state index contributed by atoms with van der Waals surface area (Å²) in [5, 5.41) is 2.06. The first-order chi connectivity index (χ1) is 17.5. The van der Waals surface area contributed by atoms with Gasteiger partial charge in [-0.25, -0.2) is 13.2 Å². The number of hydrogen-bond acceptors (Lipinski definition) is 7. The van der Waals surface area contributed by atoms with Gasteiger partial charge in [-0.2, -0.15) is 13.2 Å². The molecular weight excluding hydrogens is 517 g/mol. The molecule has 0 atom stereocenters. The molecule has 0 fully saturated rings. The summed E-state index contributed by atoms with van der Waals surface area (Å²) in [6, 6.07) is 13.7. The minimum atomic E-state index is -4.67. The quantitative estimate of drug-likeness (QED) is 0.437. The molecule has 4 rings (SSSR count). The molecule has 0 bridgehead atoms. The van der Waals surface area contributed by atoms with Crippen LogP contribution in [0.15, 0.2) is 71.6 Å². The Morgan fingerprint density at radius 3 is 2.30 bits per heavy atom. The van der Waals surface area contributed by atoms with Crippen LogP contribution in [0.3, 0.4) is 0 Å². The monoisotopic (exact) mass is 536 g/mol. The number of carbonyl (C=O) groups is 2. The van der Waals surface area contributed by atoms with Gasteiger partial charge in [-0.15, -0.1) is 0 Å². The average molecular weight is 536 g/mol. The highest BCUT2D eigenvalue weighted by Crippen LogP contribution is 2.35. The molecule has 194 valence electrons. The third-order valence-corrected chi connectivity index (χ3v) is 6.42. The fraction of sp³-hybridized carbons (Fsp3) is 0.167. The van der Waals surface area contributed by atoms with E-state index in [9.17, 15) is 31.2 Å². The van der Waals surface area contributed by atoms with Crippen molar-refractivity contribution in [2.75, 3.05) is 29.9 Å². The van der Waals surface area contributed by atoms with Crippen molar-refractivity contribution in [3.8, 4) is 11.5 Å². The van der Waals surface area contributed by atoms with E-state index in [4.69, 9.17) is 14.2 Å². The maximum atomic E-state index is 13.0. The molecular formula is C24H19F3N2O7S. The van der Waals surface area contributed by atoms with E-state index in [0.29, 0.717) is 24.7 Å². The number of hydrogen-bond donors (Lipinski definition) is 2. The number of amides is 1.